The summed E-state index contributed by atoms with van der Waals surface area (Å²) in [6.45, 7) is 0.644. The zero-order valence-electron chi connectivity index (χ0n) is 14.8. The predicted molar refractivity (Wildman–Crippen MR) is 103 cm³/mol. The van der Waals surface area contributed by atoms with Crippen LogP contribution in [0.4, 0.5) is 9.52 Å². The van der Waals surface area contributed by atoms with Crippen LogP contribution in [0.15, 0.2) is 30.3 Å². The number of benzene rings is 1. The van der Waals surface area contributed by atoms with Crippen LogP contribution in [0.1, 0.15) is 21.1 Å². The topological polar surface area (TPSA) is 108 Å². The number of fused-ring (bicyclic) bond motifs is 1. The van der Waals surface area contributed by atoms with Crippen molar-refractivity contribution in [1.82, 2.24) is 19.5 Å². The molecule has 1 amide bonds. The first-order chi connectivity index (χ1) is 13.3. The fourth-order valence-electron chi connectivity index (χ4n) is 2.88. The number of amides is 1. The lowest BCUT2D eigenvalue weighted by atomic mass is 10.1. The average Bonchev–Trinajstić information content (AvgIpc) is 3.27. The van der Waals surface area contributed by atoms with Gasteiger partial charge in [0.15, 0.2) is 5.13 Å². The molecule has 0 spiro atoms. The minimum Gasteiger partial charge on any atom is -0.296 e. The molecule has 0 radical (unpaired) electrons. The molecule has 2 N–H and O–H groups in total. The minimum absolute atomic E-state index is 0.241. The Morgan fingerprint density at radius 3 is 2.79 bits per heavy atom. The summed E-state index contributed by atoms with van der Waals surface area (Å²) in [4.78, 5) is 17.7. The van der Waals surface area contributed by atoms with Gasteiger partial charge in [0.25, 0.3) is 5.91 Å². The van der Waals surface area contributed by atoms with E-state index in [0.717, 1.165) is 10.6 Å². The van der Waals surface area contributed by atoms with Crippen molar-refractivity contribution in [2.24, 2.45) is 0 Å². The zero-order valence-corrected chi connectivity index (χ0v) is 16.4. The molecule has 0 unspecified atom stereocenters. The number of aromatic amines is 1. The Labute approximate surface area is 164 Å². The number of hydrogen-bond donors (Lipinski definition) is 2. The van der Waals surface area contributed by atoms with Gasteiger partial charge < -0.3 is 0 Å². The second-order valence-electron chi connectivity index (χ2n) is 6.36. The van der Waals surface area contributed by atoms with Crippen LogP contribution >= 0.6 is 11.3 Å². The lowest BCUT2D eigenvalue weighted by Gasteiger charge is -2.23. The van der Waals surface area contributed by atoms with Gasteiger partial charge >= 0.3 is 0 Å². The van der Waals surface area contributed by atoms with Crippen LogP contribution in [0.3, 0.4) is 0 Å². The number of sulfonamides is 1. The molecule has 0 saturated carbocycles. The molecule has 11 heteroatoms. The zero-order chi connectivity index (χ0) is 19.9. The van der Waals surface area contributed by atoms with Crippen LogP contribution in [0.2, 0.25) is 0 Å². The lowest BCUT2D eigenvalue weighted by molar-refractivity contribution is 0.102. The fourth-order valence-corrected chi connectivity index (χ4v) is 4.77. The van der Waals surface area contributed by atoms with E-state index in [9.17, 15) is 17.6 Å². The molecule has 1 aliphatic rings. The average molecular weight is 421 g/mol. The van der Waals surface area contributed by atoms with Gasteiger partial charge in [-0.2, -0.15) is 9.40 Å². The maximum absolute atomic E-state index is 13.0. The number of rotatable bonds is 4. The van der Waals surface area contributed by atoms with Gasteiger partial charge in [0.2, 0.25) is 10.0 Å². The summed E-state index contributed by atoms with van der Waals surface area (Å²) in [5.74, 6) is -0.758. The van der Waals surface area contributed by atoms with Crippen molar-refractivity contribution in [2.75, 3.05) is 18.1 Å². The summed E-state index contributed by atoms with van der Waals surface area (Å²) in [5.41, 5.74) is 2.25. The maximum atomic E-state index is 13.0. The minimum atomic E-state index is -3.26. The highest BCUT2D eigenvalue weighted by molar-refractivity contribution is 7.88. The highest BCUT2D eigenvalue weighted by Crippen LogP contribution is 2.29. The third kappa shape index (κ3) is 3.81. The van der Waals surface area contributed by atoms with Crippen molar-refractivity contribution in [2.45, 2.75) is 13.0 Å². The highest BCUT2D eigenvalue weighted by Gasteiger charge is 2.26. The first-order valence-electron chi connectivity index (χ1n) is 8.36. The quantitative estimate of drug-likeness (QED) is 0.672. The van der Waals surface area contributed by atoms with Crippen molar-refractivity contribution in [3.8, 4) is 11.3 Å². The van der Waals surface area contributed by atoms with Gasteiger partial charge in [-0.25, -0.2) is 17.8 Å². The number of thiazole rings is 1. The standard InChI is InChI=1S/C17H16FN5O3S2/c1-28(25,26)23-7-6-12-15(9-23)27-17(19-12)20-16(24)14-8-13(21-22-14)10-2-4-11(18)5-3-10/h2-5,8H,6-7,9H2,1H3,(H,21,22)(H,19,20,24). The summed E-state index contributed by atoms with van der Waals surface area (Å²) in [7, 11) is -3.26. The van der Waals surface area contributed by atoms with Crippen LogP contribution in [0.5, 0.6) is 0 Å². The van der Waals surface area contributed by atoms with Gasteiger partial charge in [0, 0.05) is 30.0 Å². The lowest BCUT2D eigenvalue weighted by Crippen LogP contribution is -2.34. The van der Waals surface area contributed by atoms with Crippen molar-refractivity contribution >= 4 is 32.4 Å². The molecule has 3 aromatic rings. The summed E-state index contributed by atoms with van der Waals surface area (Å²) in [6.07, 6.45) is 1.69. The van der Waals surface area contributed by atoms with Crippen molar-refractivity contribution < 1.29 is 17.6 Å². The van der Waals surface area contributed by atoms with E-state index < -0.39 is 15.9 Å². The van der Waals surface area contributed by atoms with Gasteiger partial charge in [0.05, 0.1) is 17.6 Å². The molecule has 146 valence electrons. The molecule has 0 aliphatic carbocycles. The van der Waals surface area contributed by atoms with Gasteiger partial charge in [-0.05, 0) is 30.3 Å². The summed E-state index contributed by atoms with van der Waals surface area (Å²) >= 11 is 1.26. The Bertz CT molecular complexity index is 1140. The normalized spacial score (nSPS) is 14.6. The van der Waals surface area contributed by atoms with Crippen molar-refractivity contribution in [3.05, 3.63) is 52.4 Å². The van der Waals surface area contributed by atoms with Gasteiger partial charge in [-0.1, -0.05) is 0 Å². The number of hydrogen-bond acceptors (Lipinski definition) is 6. The number of anilines is 1. The molecule has 0 fully saturated rings. The maximum Gasteiger partial charge on any atom is 0.275 e. The number of aromatic nitrogens is 3. The molecule has 0 bridgehead atoms. The Hall–Kier alpha value is -2.63. The van der Waals surface area contributed by atoms with E-state index in [0.29, 0.717) is 29.4 Å². The van der Waals surface area contributed by atoms with Crippen LogP contribution in [0, 0.1) is 5.82 Å². The number of halogens is 1. The third-order valence-electron chi connectivity index (χ3n) is 4.35. The van der Waals surface area contributed by atoms with Crippen LogP contribution in [-0.4, -0.2) is 46.6 Å². The van der Waals surface area contributed by atoms with Gasteiger partial charge in [0.1, 0.15) is 11.5 Å². The van der Waals surface area contributed by atoms with E-state index in [1.54, 1.807) is 18.2 Å². The molecular formula is C17H16FN5O3S2. The van der Waals surface area contributed by atoms with Gasteiger partial charge in [-0.3, -0.25) is 15.2 Å². The molecule has 4 rings (SSSR count). The third-order valence-corrected chi connectivity index (χ3v) is 6.60. The van der Waals surface area contributed by atoms with E-state index in [-0.39, 0.29) is 18.1 Å². The van der Waals surface area contributed by atoms with E-state index in [2.05, 4.69) is 20.5 Å². The Morgan fingerprint density at radius 1 is 1.32 bits per heavy atom. The van der Waals surface area contributed by atoms with Crippen LogP contribution < -0.4 is 5.32 Å². The number of carbonyl (C=O) groups excluding carboxylic acids is 1. The van der Waals surface area contributed by atoms with Crippen molar-refractivity contribution in [3.63, 3.8) is 0 Å². The van der Waals surface area contributed by atoms with Crippen LogP contribution in [0.25, 0.3) is 11.3 Å². The molecule has 1 aliphatic heterocycles. The molecule has 8 nitrogen and oxygen atoms in total. The number of nitrogens with zero attached hydrogens (tertiary/aromatic N) is 3. The molecule has 2 aromatic heterocycles. The molecule has 0 saturated heterocycles. The smallest absolute Gasteiger partial charge is 0.275 e. The Kier molecular flexibility index (Phi) is 4.73. The molecule has 3 heterocycles. The van der Waals surface area contributed by atoms with E-state index in [4.69, 9.17) is 0 Å². The summed E-state index contributed by atoms with van der Waals surface area (Å²) in [5, 5.41) is 9.86. The monoisotopic (exact) mass is 421 g/mol. The Morgan fingerprint density at radius 2 is 2.07 bits per heavy atom. The number of nitrogens with one attached hydrogen (secondary N) is 2. The summed E-state index contributed by atoms with van der Waals surface area (Å²) in [6, 6.07) is 7.37. The number of carbonyl (C=O) groups is 1. The first kappa shape index (κ1) is 18.7. The number of H-pyrrole nitrogens is 1. The Balaban J connectivity index is 1.48. The molecular weight excluding hydrogens is 405 g/mol. The first-order valence-corrected chi connectivity index (χ1v) is 11.0. The molecule has 28 heavy (non-hydrogen) atoms. The van der Waals surface area contributed by atoms with Gasteiger partial charge in [-0.15, -0.1) is 11.3 Å². The largest absolute Gasteiger partial charge is 0.296 e. The predicted octanol–water partition coefficient (Wildman–Crippen LogP) is 2.24. The second kappa shape index (κ2) is 7.08. The van der Waals surface area contributed by atoms with E-state index in [1.165, 1.54) is 34.0 Å². The molecule has 1 aromatic carbocycles. The van der Waals surface area contributed by atoms with E-state index in [1.807, 2.05) is 0 Å². The summed E-state index contributed by atoms with van der Waals surface area (Å²) < 4.78 is 37.8. The second-order valence-corrected chi connectivity index (χ2v) is 9.43. The van der Waals surface area contributed by atoms with E-state index >= 15 is 0 Å². The fraction of sp³-hybridized carbons (Fsp3) is 0.235. The SMILES string of the molecule is CS(=O)(=O)N1CCc2nc(NC(=O)c3cc(-c4ccc(F)cc4)n[nH]3)sc2C1. The van der Waals surface area contributed by atoms with Crippen LogP contribution in [-0.2, 0) is 23.0 Å². The van der Waals surface area contributed by atoms with Crippen molar-refractivity contribution in [1.29, 1.82) is 0 Å². The molecule has 0 atom stereocenters. The highest BCUT2D eigenvalue weighted by atomic mass is 32.2.